The first-order valence-electron chi connectivity index (χ1n) is 6.49. The largest absolute Gasteiger partial charge is 0.344 e. The minimum Gasteiger partial charge on any atom is -0.344 e. The molecule has 1 aromatic carbocycles. The number of hydrogen-bond donors (Lipinski definition) is 2. The van der Waals surface area contributed by atoms with Crippen molar-refractivity contribution in [2.75, 3.05) is 5.32 Å². The van der Waals surface area contributed by atoms with Crippen LogP contribution in [-0.2, 0) is 9.59 Å². The van der Waals surface area contributed by atoms with E-state index in [1.807, 2.05) is 0 Å². The maximum Gasteiger partial charge on any atom is 0.246 e. The van der Waals surface area contributed by atoms with Gasteiger partial charge in [0, 0.05) is 11.1 Å². The standard InChI is InChI=1S/C15H21FN2O2/c1-9-6-7-11(8-12(9)16)18-13(19)10(2)17-14(20)15(3,4)5/h6-8,10H,1-5H3,(H,17,20)(H,18,19)/t10-/m0/s1. The maximum absolute atomic E-state index is 13.4. The van der Waals surface area contributed by atoms with E-state index >= 15 is 0 Å². The highest BCUT2D eigenvalue weighted by Gasteiger charge is 2.25. The lowest BCUT2D eigenvalue weighted by Gasteiger charge is -2.21. The molecule has 0 aromatic heterocycles. The summed E-state index contributed by atoms with van der Waals surface area (Å²) in [6, 6.07) is 3.77. The fraction of sp³-hybridized carbons (Fsp3) is 0.467. The van der Waals surface area contributed by atoms with Crippen molar-refractivity contribution in [2.24, 2.45) is 5.41 Å². The van der Waals surface area contributed by atoms with Gasteiger partial charge in [-0.3, -0.25) is 9.59 Å². The molecule has 0 unspecified atom stereocenters. The molecule has 0 bridgehead atoms. The van der Waals surface area contributed by atoms with Crippen LogP contribution < -0.4 is 10.6 Å². The van der Waals surface area contributed by atoms with E-state index in [1.165, 1.54) is 6.07 Å². The molecule has 1 aromatic rings. The number of nitrogens with one attached hydrogen (secondary N) is 2. The Labute approximate surface area is 118 Å². The summed E-state index contributed by atoms with van der Waals surface area (Å²) >= 11 is 0. The highest BCUT2D eigenvalue weighted by Crippen LogP contribution is 2.15. The van der Waals surface area contributed by atoms with Crippen molar-refractivity contribution >= 4 is 17.5 Å². The minimum absolute atomic E-state index is 0.213. The van der Waals surface area contributed by atoms with Crippen LogP contribution in [-0.4, -0.2) is 17.9 Å². The van der Waals surface area contributed by atoms with E-state index in [4.69, 9.17) is 0 Å². The first-order chi connectivity index (χ1) is 9.11. The van der Waals surface area contributed by atoms with Gasteiger partial charge < -0.3 is 10.6 Å². The van der Waals surface area contributed by atoms with Gasteiger partial charge in [-0.1, -0.05) is 26.8 Å². The van der Waals surface area contributed by atoms with Crippen LogP contribution in [0.3, 0.4) is 0 Å². The summed E-state index contributed by atoms with van der Waals surface area (Å²) in [5.41, 5.74) is 0.317. The zero-order chi connectivity index (χ0) is 15.5. The van der Waals surface area contributed by atoms with Crippen LogP contribution in [0.15, 0.2) is 18.2 Å². The average molecular weight is 280 g/mol. The highest BCUT2D eigenvalue weighted by atomic mass is 19.1. The smallest absolute Gasteiger partial charge is 0.246 e. The topological polar surface area (TPSA) is 58.2 Å². The number of halogens is 1. The second kappa shape index (κ2) is 6.03. The van der Waals surface area contributed by atoms with E-state index in [2.05, 4.69) is 10.6 Å². The fourth-order valence-electron chi connectivity index (χ4n) is 1.40. The van der Waals surface area contributed by atoms with Gasteiger partial charge in [-0.05, 0) is 31.5 Å². The summed E-state index contributed by atoms with van der Waals surface area (Å²) in [7, 11) is 0. The molecule has 2 amide bonds. The van der Waals surface area contributed by atoms with E-state index in [1.54, 1.807) is 46.8 Å². The van der Waals surface area contributed by atoms with E-state index in [0.29, 0.717) is 11.3 Å². The molecule has 0 radical (unpaired) electrons. The molecule has 1 atom stereocenters. The molecule has 0 saturated carbocycles. The molecule has 4 nitrogen and oxygen atoms in total. The third-order valence-corrected chi connectivity index (χ3v) is 2.86. The van der Waals surface area contributed by atoms with E-state index in [0.717, 1.165) is 0 Å². The Morgan fingerprint density at radius 3 is 2.35 bits per heavy atom. The molecule has 0 heterocycles. The second-order valence-corrected chi connectivity index (χ2v) is 5.90. The summed E-state index contributed by atoms with van der Waals surface area (Å²) in [6.45, 7) is 8.53. The van der Waals surface area contributed by atoms with Gasteiger partial charge in [0.25, 0.3) is 0 Å². The predicted molar refractivity (Wildman–Crippen MR) is 76.8 cm³/mol. The first-order valence-corrected chi connectivity index (χ1v) is 6.49. The van der Waals surface area contributed by atoms with Crippen molar-refractivity contribution in [2.45, 2.75) is 40.7 Å². The third kappa shape index (κ3) is 4.33. The Morgan fingerprint density at radius 1 is 1.25 bits per heavy atom. The van der Waals surface area contributed by atoms with Gasteiger partial charge in [0.05, 0.1) is 0 Å². The number of carbonyl (C=O) groups is 2. The van der Waals surface area contributed by atoms with Gasteiger partial charge in [-0.2, -0.15) is 0 Å². The van der Waals surface area contributed by atoms with Crippen molar-refractivity contribution in [3.63, 3.8) is 0 Å². The van der Waals surface area contributed by atoms with Crippen LogP contribution in [0.2, 0.25) is 0 Å². The molecule has 0 fully saturated rings. The van der Waals surface area contributed by atoms with Crippen molar-refractivity contribution < 1.29 is 14.0 Å². The molecule has 20 heavy (non-hydrogen) atoms. The highest BCUT2D eigenvalue weighted by molar-refractivity contribution is 5.97. The number of hydrogen-bond acceptors (Lipinski definition) is 2. The molecule has 0 aliphatic rings. The second-order valence-electron chi connectivity index (χ2n) is 5.90. The minimum atomic E-state index is -0.689. The molecule has 0 saturated heterocycles. The van der Waals surface area contributed by atoms with Gasteiger partial charge in [0.15, 0.2) is 0 Å². The van der Waals surface area contributed by atoms with Crippen LogP contribution in [0.25, 0.3) is 0 Å². The number of aryl methyl sites for hydroxylation is 1. The van der Waals surface area contributed by atoms with Crippen LogP contribution in [0.4, 0.5) is 10.1 Å². The van der Waals surface area contributed by atoms with Gasteiger partial charge in [0.1, 0.15) is 11.9 Å². The van der Waals surface area contributed by atoms with E-state index in [9.17, 15) is 14.0 Å². The van der Waals surface area contributed by atoms with Gasteiger partial charge in [0.2, 0.25) is 11.8 Å². The zero-order valence-electron chi connectivity index (χ0n) is 12.5. The Morgan fingerprint density at radius 2 is 1.85 bits per heavy atom. The molecule has 0 spiro atoms. The van der Waals surface area contributed by atoms with Gasteiger partial charge in [-0.25, -0.2) is 4.39 Å². The number of anilines is 1. The Kier molecular flexibility index (Phi) is 4.87. The van der Waals surface area contributed by atoms with Crippen molar-refractivity contribution in [1.29, 1.82) is 0 Å². The third-order valence-electron chi connectivity index (χ3n) is 2.86. The van der Waals surface area contributed by atoms with E-state index in [-0.39, 0.29) is 17.6 Å². The SMILES string of the molecule is Cc1ccc(NC(=O)[C@H](C)NC(=O)C(C)(C)C)cc1F. The summed E-state index contributed by atoms with van der Waals surface area (Å²) in [5, 5.41) is 5.19. The maximum atomic E-state index is 13.4. The van der Waals surface area contributed by atoms with Gasteiger partial charge >= 0.3 is 0 Å². The normalized spacial score (nSPS) is 12.7. The van der Waals surface area contributed by atoms with Crippen LogP contribution in [0.5, 0.6) is 0 Å². The Balaban J connectivity index is 2.66. The zero-order valence-corrected chi connectivity index (χ0v) is 12.5. The molecule has 2 N–H and O–H groups in total. The first kappa shape index (κ1) is 16.1. The molecule has 0 aliphatic heterocycles. The molecule has 0 aliphatic carbocycles. The Bertz CT molecular complexity index is 521. The van der Waals surface area contributed by atoms with Crippen LogP contribution in [0, 0.1) is 18.2 Å². The quantitative estimate of drug-likeness (QED) is 0.894. The summed E-state index contributed by atoms with van der Waals surface area (Å²) in [4.78, 5) is 23.7. The summed E-state index contributed by atoms with van der Waals surface area (Å²) < 4.78 is 13.4. The number of benzene rings is 1. The average Bonchev–Trinajstić information content (AvgIpc) is 2.32. The molecular weight excluding hydrogens is 259 g/mol. The summed E-state index contributed by atoms with van der Waals surface area (Å²) in [6.07, 6.45) is 0. The molecule has 1 rings (SSSR count). The number of rotatable bonds is 3. The van der Waals surface area contributed by atoms with Crippen molar-refractivity contribution in [3.8, 4) is 0 Å². The number of carbonyl (C=O) groups excluding carboxylic acids is 2. The van der Waals surface area contributed by atoms with Crippen LogP contribution >= 0.6 is 0 Å². The fourth-order valence-corrected chi connectivity index (χ4v) is 1.40. The van der Waals surface area contributed by atoms with Crippen molar-refractivity contribution in [1.82, 2.24) is 5.32 Å². The van der Waals surface area contributed by atoms with Crippen LogP contribution in [0.1, 0.15) is 33.3 Å². The molecular formula is C15H21FN2O2. The van der Waals surface area contributed by atoms with E-state index < -0.39 is 11.5 Å². The Hall–Kier alpha value is -1.91. The lowest BCUT2D eigenvalue weighted by atomic mass is 9.95. The lowest BCUT2D eigenvalue weighted by molar-refractivity contribution is -0.131. The predicted octanol–water partition coefficient (Wildman–Crippen LogP) is 2.62. The summed E-state index contributed by atoms with van der Waals surface area (Å²) in [5.74, 6) is -0.977. The molecule has 5 heteroatoms. The monoisotopic (exact) mass is 280 g/mol. The van der Waals surface area contributed by atoms with Crippen molar-refractivity contribution in [3.05, 3.63) is 29.6 Å². The number of amides is 2. The lowest BCUT2D eigenvalue weighted by Crippen LogP contribution is -2.46. The molecule has 110 valence electrons. The van der Waals surface area contributed by atoms with Gasteiger partial charge in [-0.15, -0.1) is 0 Å².